The number of benzene rings is 1. The maximum absolute atomic E-state index is 11.3. The summed E-state index contributed by atoms with van der Waals surface area (Å²) in [5, 5.41) is 0.937. The molecule has 0 spiro atoms. The van der Waals surface area contributed by atoms with Crippen LogP contribution in [0.2, 0.25) is 10.0 Å². The van der Waals surface area contributed by atoms with Crippen molar-refractivity contribution in [2.45, 2.75) is 32.7 Å². The maximum atomic E-state index is 11.3. The van der Waals surface area contributed by atoms with Gasteiger partial charge in [-0.05, 0) is 31.9 Å². The zero-order valence-electron chi connectivity index (χ0n) is 11.6. The molecule has 0 bridgehead atoms. The average Bonchev–Trinajstić information content (AvgIpc) is 2.40. The zero-order chi connectivity index (χ0) is 15.1. The molecule has 0 aromatic heterocycles. The Labute approximate surface area is 129 Å². The van der Waals surface area contributed by atoms with Gasteiger partial charge in [0.2, 0.25) is 0 Å². The second-order valence-electron chi connectivity index (χ2n) is 4.19. The lowest BCUT2D eigenvalue weighted by atomic mass is 10.0. The summed E-state index contributed by atoms with van der Waals surface area (Å²) in [5.74, 6) is 0.261. The van der Waals surface area contributed by atoms with E-state index in [0.717, 1.165) is 0 Å². The molecule has 0 radical (unpaired) electrons. The number of halogens is 2. The van der Waals surface area contributed by atoms with E-state index in [-0.39, 0.29) is 18.4 Å². The van der Waals surface area contributed by atoms with E-state index in [1.54, 1.807) is 19.1 Å². The minimum Gasteiger partial charge on any atom is -0.492 e. The Hall–Kier alpha value is -0.970. The molecule has 20 heavy (non-hydrogen) atoms. The molecule has 1 aromatic rings. The molecule has 0 aliphatic rings. The highest BCUT2D eigenvalue weighted by molar-refractivity contribution is 6.34. The largest absolute Gasteiger partial charge is 0.492 e. The van der Waals surface area contributed by atoms with E-state index >= 15 is 0 Å². The topological polar surface area (TPSA) is 61.5 Å². The van der Waals surface area contributed by atoms with Crippen LogP contribution in [0.25, 0.3) is 0 Å². The van der Waals surface area contributed by atoms with Gasteiger partial charge in [-0.2, -0.15) is 0 Å². The van der Waals surface area contributed by atoms with Crippen molar-refractivity contribution >= 4 is 29.2 Å². The predicted molar refractivity (Wildman–Crippen MR) is 80.4 cm³/mol. The minimum absolute atomic E-state index is 0.246. The van der Waals surface area contributed by atoms with Gasteiger partial charge in [0.1, 0.15) is 5.75 Å². The van der Waals surface area contributed by atoms with Crippen molar-refractivity contribution in [2.75, 3.05) is 13.2 Å². The van der Waals surface area contributed by atoms with E-state index < -0.39 is 0 Å². The lowest BCUT2D eigenvalue weighted by molar-refractivity contribution is -0.143. The van der Waals surface area contributed by atoms with Crippen LogP contribution in [-0.2, 0) is 9.53 Å². The summed E-state index contributed by atoms with van der Waals surface area (Å²) >= 11 is 12.3. The molecule has 0 saturated heterocycles. The first-order chi connectivity index (χ1) is 9.49. The Morgan fingerprint density at radius 1 is 1.25 bits per heavy atom. The van der Waals surface area contributed by atoms with E-state index in [2.05, 4.69) is 0 Å². The molecule has 1 unspecified atom stereocenters. The van der Waals surface area contributed by atoms with Crippen LogP contribution < -0.4 is 10.5 Å². The average molecular weight is 320 g/mol. The molecule has 4 nitrogen and oxygen atoms in total. The first-order valence-corrected chi connectivity index (χ1v) is 7.28. The van der Waals surface area contributed by atoms with Crippen LogP contribution in [0, 0.1) is 0 Å². The van der Waals surface area contributed by atoms with Crippen molar-refractivity contribution in [3.8, 4) is 5.75 Å². The van der Waals surface area contributed by atoms with Crippen molar-refractivity contribution in [3.63, 3.8) is 0 Å². The standard InChI is InChI=1S/C14H19Cl2NO3/c1-3-19-13-8-10(15)9(7-11(13)16)12(17)5-6-14(18)20-4-2/h7-8,12H,3-6,17H2,1-2H3. The molecule has 1 atom stereocenters. The fraction of sp³-hybridized carbons (Fsp3) is 0.500. The second kappa shape index (κ2) is 8.35. The molecule has 1 rings (SSSR count). The third-order valence-corrected chi connectivity index (χ3v) is 3.34. The van der Waals surface area contributed by atoms with Gasteiger partial charge in [0.05, 0.1) is 18.2 Å². The van der Waals surface area contributed by atoms with Crippen LogP contribution in [0.15, 0.2) is 12.1 Å². The minimum atomic E-state index is -0.375. The van der Waals surface area contributed by atoms with Gasteiger partial charge in [-0.3, -0.25) is 4.79 Å². The van der Waals surface area contributed by atoms with Gasteiger partial charge in [-0.15, -0.1) is 0 Å². The molecule has 0 aliphatic carbocycles. The summed E-state index contributed by atoms with van der Waals surface area (Å²) < 4.78 is 10.2. The normalized spacial score (nSPS) is 12.1. The van der Waals surface area contributed by atoms with Crippen LogP contribution in [-0.4, -0.2) is 19.2 Å². The lowest BCUT2D eigenvalue weighted by Crippen LogP contribution is -2.14. The fourth-order valence-corrected chi connectivity index (χ4v) is 2.28. The van der Waals surface area contributed by atoms with Crippen molar-refractivity contribution < 1.29 is 14.3 Å². The Bertz CT molecular complexity index is 466. The number of nitrogens with two attached hydrogens (primary N) is 1. The molecule has 0 heterocycles. The lowest BCUT2D eigenvalue weighted by Gasteiger charge is -2.15. The fourth-order valence-electron chi connectivity index (χ4n) is 1.76. The molecular weight excluding hydrogens is 301 g/mol. The number of hydrogen-bond donors (Lipinski definition) is 1. The predicted octanol–water partition coefficient (Wildman–Crippen LogP) is 3.74. The molecule has 1 aromatic carbocycles. The highest BCUT2D eigenvalue weighted by atomic mass is 35.5. The number of ether oxygens (including phenoxy) is 2. The number of esters is 1. The van der Waals surface area contributed by atoms with Crippen LogP contribution in [0.3, 0.4) is 0 Å². The van der Waals surface area contributed by atoms with Crippen LogP contribution >= 0.6 is 23.2 Å². The second-order valence-corrected chi connectivity index (χ2v) is 5.00. The monoisotopic (exact) mass is 319 g/mol. The third-order valence-electron chi connectivity index (χ3n) is 2.72. The van der Waals surface area contributed by atoms with E-state index in [1.807, 2.05) is 6.92 Å². The van der Waals surface area contributed by atoms with Gasteiger partial charge in [-0.25, -0.2) is 0 Å². The van der Waals surface area contributed by atoms with Crippen molar-refractivity contribution in [1.29, 1.82) is 0 Å². The smallest absolute Gasteiger partial charge is 0.305 e. The van der Waals surface area contributed by atoms with Crippen molar-refractivity contribution in [3.05, 3.63) is 27.7 Å². The molecule has 112 valence electrons. The SMILES string of the molecule is CCOC(=O)CCC(N)c1cc(Cl)c(OCC)cc1Cl. The van der Waals surface area contributed by atoms with Crippen LogP contribution in [0.1, 0.15) is 38.3 Å². The number of carbonyl (C=O) groups is 1. The highest BCUT2D eigenvalue weighted by Crippen LogP contribution is 2.34. The van der Waals surface area contributed by atoms with Gasteiger partial charge in [0.25, 0.3) is 0 Å². The van der Waals surface area contributed by atoms with Gasteiger partial charge in [0, 0.05) is 23.6 Å². The maximum Gasteiger partial charge on any atom is 0.305 e. The van der Waals surface area contributed by atoms with Gasteiger partial charge in [0.15, 0.2) is 0 Å². The van der Waals surface area contributed by atoms with Gasteiger partial charge in [-0.1, -0.05) is 23.2 Å². The Morgan fingerprint density at radius 2 is 1.95 bits per heavy atom. The molecular formula is C14H19Cl2NO3. The van der Waals surface area contributed by atoms with E-state index in [9.17, 15) is 4.79 Å². The quantitative estimate of drug-likeness (QED) is 0.778. The molecule has 0 aliphatic heterocycles. The summed E-state index contributed by atoms with van der Waals surface area (Å²) in [4.78, 5) is 11.3. The van der Waals surface area contributed by atoms with Gasteiger partial charge >= 0.3 is 5.97 Å². The van der Waals surface area contributed by atoms with Crippen molar-refractivity contribution in [2.24, 2.45) is 5.73 Å². The molecule has 0 amide bonds. The molecule has 0 saturated carbocycles. The summed E-state index contributed by atoms with van der Waals surface area (Å²) in [7, 11) is 0. The molecule has 0 fully saturated rings. The third kappa shape index (κ3) is 4.85. The summed E-state index contributed by atoms with van der Waals surface area (Å²) in [6.07, 6.45) is 0.693. The molecule has 6 heteroatoms. The van der Waals surface area contributed by atoms with E-state index in [0.29, 0.717) is 41.0 Å². The number of rotatable bonds is 7. The highest BCUT2D eigenvalue weighted by Gasteiger charge is 2.16. The zero-order valence-corrected chi connectivity index (χ0v) is 13.1. The van der Waals surface area contributed by atoms with Gasteiger partial charge < -0.3 is 15.2 Å². The number of hydrogen-bond acceptors (Lipinski definition) is 4. The van der Waals surface area contributed by atoms with E-state index in [1.165, 1.54) is 0 Å². The van der Waals surface area contributed by atoms with Crippen LogP contribution in [0.5, 0.6) is 5.75 Å². The summed E-state index contributed by atoms with van der Waals surface area (Å²) in [6, 6.07) is 2.96. The summed E-state index contributed by atoms with van der Waals surface area (Å²) in [5.41, 5.74) is 6.74. The number of carbonyl (C=O) groups excluding carboxylic acids is 1. The van der Waals surface area contributed by atoms with E-state index in [4.69, 9.17) is 38.4 Å². The summed E-state index contributed by atoms with van der Waals surface area (Å²) in [6.45, 7) is 4.50. The molecule has 2 N–H and O–H groups in total. The first kappa shape index (κ1) is 17.1. The Balaban J connectivity index is 2.75. The van der Waals surface area contributed by atoms with Crippen molar-refractivity contribution in [1.82, 2.24) is 0 Å². The Kier molecular flexibility index (Phi) is 7.13. The van der Waals surface area contributed by atoms with Crippen LogP contribution in [0.4, 0.5) is 0 Å². The Morgan fingerprint density at radius 3 is 2.55 bits per heavy atom. The first-order valence-electron chi connectivity index (χ1n) is 6.52.